The van der Waals surface area contributed by atoms with E-state index < -0.39 is 0 Å². The average molecular weight is 240 g/mol. The van der Waals surface area contributed by atoms with Crippen LogP contribution in [-0.2, 0) is 0 Å². The number of hydrogen-bond donors (Lipinski definition) is 0. The molecule has 0 saturated carbocycles. The molecular formula is C18H24. The van der Waals surface area contributed by atoms with Crippen molar-refractivity contribution < 1.29 is 0 Å². The minimum Gasteiger partial charge on any atom is -0.0625 e. The summed E-state index contributed by atoms with van der Waals surface area (Å²) < 4.78 is 0. The Balaban J connectivity index is 0.000000232. The Kier molecular flexibility index (Phi) is 6.21. The highest BCUT2D eigenvalue weighted by Crippen LogP contribution is 2.17. The largest absolute Gasteiger partial charge is 0.0625 e. The molecule has 2 aromatic rings. The van der Waals surface area contributed by atoms with E-state index in [2.05, 4.69) is 76.2 Å². The first-order chi connectivity index (χ1) is 8.61. The molecule has 0 unspecified atom stereocenters. The molecule has 0 heteroatoms. The quantitative estimate of drug-likeness (QED) is 0.636. The maximum Gasteiger partial charge on any atom is -0.0184 e. The summed E-state index contributed by atoms with van der Waals surface area (Å²) in [6.07, 6.45) is 0. The van der Waals surface area contributed by atoms with Crippen molar-refractivity contribution in [3.63, 3.8) is 0 Å². The molecule has 18 heavy (non-hydrogen) atoms. The highest BCUT2D eigenvalue weighted by Gasteiger charge is 1.95. The van der Waals surface area contributed by atoms with E-state index in [1.807, 2.05) is 12.1 Å². The van der Waals surface area contributed by atoms with Gasteiger partial charge in [0.15, 0.2) is 0 Å². The minimum absolute atomic E-state index is 0.852. The van der Waals surface area contributed by atoms with Gasteiger partial charge < -0.3 is 0 Å². The van der Waals surface area contributed by atoms with E-state index in [1.165, 1.54) is 11.1 Å². The summed E-state index contributed by atoms with van der Waals surface area (Å²) in [5.74, 6) is 1.70. The van der Waals surface area contributed by atoms with Crippen LogP contribution in [0.3, 0.4) is 0 Å². The molecule has 96 valence electrons. The molecule has 0 aliphatic heterocycles. The van der Waals surface area contributed by atoms with Crippen LogP contribution in [0.15, 0.2) is 60.7 Å². The lowest BCUT2D eigenvalue weighted by molar-refractivity contribution is 0.457. The second kappa shape index (κ2) is 7.71. The van der Waals surface area contributed by atoms with Crippen LogP contribution >= 0.6 is 0 Å². The molecule has 0 saturated heterocycles. The number of hydrogen-bond acceptors (Lipinski definition) is 0. The van der Waals surface area contributed by atoms with Gasteiger partial charge in [0.25, 0.3) is 0 Å². The van der Waals surface area contributed by atoms with Crippen molar-refractivity contribution in [2.75, 3.05) is 0 Å². The lowest BCUT2D eigenvalue weighted by Gasteiger charge is -2.05. The van der Waals surface area contributed by atoms with Gasteiger partial charge >= 0.3 is 0 Å². The lowest BCUT2D eigenvalue weighted by atomic mass is 10.0. The molecule has 0 aliphatic rings. The van der Waals surface area contributed by atoms with Crippen molar-refractivity contribution in [3.05, 3.63) is 60.7 Å². The summed E-state index contributed by atoms with van der Waals surface area (Å²) in [4.78, 5) is 0. The maximum atomic E-state index is 2.24. The molecule has 0 radical (unpaired) electrons. The molecule has 0 aromatic heterocycles. The van der Waals surface area contributed by atoms with E-state index in [9.17, 15) is 0 Å². The van der Waals surface area contributed by atoms with Gasteiger partial charge in [-0.15, -0.1) is 0 Å². The van der Waals surface area contributed by atoms with Crippen molar-refractivity contribution in [1.82, 2.24) is 0 Å². The van der Waals surface area contributed by atoms with Crippen molar-refractivity contribution >= 4 is 0 Å². The molecule has 0 heterocycles. The predicted molar refractivity (Wildman–Crippen MR) is 81.6 cm³/mol. The first kappa shape index (κ1) is 14.5. The van der Waals surface area contributed by atoms with E-state index in [1.54, 1.807) is 0 Å². The summed E-state index contributed by atoms with van der Waals surface area (Å²) >= 11 is 0. The van der Waals surface area contributed by atoms with Crippen molar-refractivity contribution in [3.8, 4) is 11.1 Å². The van der Waals surface area contributed by atoms with E-state index >= 15 is 0 Å². The van der Waals surface area contributed by atoms with Crippen LogP contribution in [0, 0.1) is 11.8 Å². The Bertz CT molecular complexity index is 369. The van der Waals surface area contributed by atoms with E-state index in [0.717, 1.165) is 11.8 Å². The van der Waals surface area contributed by atoms with E-state index in [-0.39, 0.29) is 0 Å². The van der Waals surface area contributed by atoms with Gasteiger partial charge in [-0.25, -0.2) is 0 Å². The third-order valence-electron chi connectivity index (χ3n) is 3.21. The predicted octanol–water partition coefficient (Wildman–Crippen LogP) is 5.65. The van der Waals surface area contributed by atoms with Gasteiger partial charge in [-0.2, -0.15) is 0 Å². The zero-order valence-electron chi connectivity index (χ0n) is 11.9. The zero-order chi connectivity index (χ0) is 13.4. The van der Waals surface area contributed by atoms with Crippen molar-refractivity contribution in [1.29, 1.82) is 0 Å². The summed E-state index contributed by atoms with van der Waals surface area (Å²) in [7, 11) is 0. The maximum absolute atomic E-state index is 2.24. The molecule has 0 fully saturated rings. The van der Waals surface area contributed by atoms with Crippen LogP contribution in [0.5, 0.6) is 0 Å². The van der Waals surface area contributed by atoms with Crippen molar-refractivity contribution in [2.45, 2.75) is 27.7 Å². The molecule has 0 atom stereocenters. The van der Waals surface area contributed by atoms with Crippen LogP contribution in [0.25, 0.3) is 11.1 Å². The smallest absolute Gasteiger partial charge is 0.0184 e. The van der Waals surface area contributed by atoms with Crippen LogP contribution in [-0.4, -0.2) is 0 Å². The van der Waals surface area contributed by atoms with Crippen LogP contribution < -0.4 is 0 Å². The van der Waals surface area contributed by atoms with Crippen molar-refractivity contribution in [2.24, 2.45) is 11.8 Å². The zero-order valence-corrected chi connectivity index (χ0v) is 11.9. The summed E-state index contributed by atoms with van der Waals surface area (Å²) in [5.41, 5.74) is 2.55. The SMILES string of the molecule is CC(C)C(C)C.c1ccc(-c2ccccc2)cc1. The number of benzene rings is 2. The van der Waals surface area contributed by atoms with Crippen LogP contribution in [0.4, 0.5) is 0 Å². The summed E-state index contributed by atoms with van der Waals surface area (Å²) in [6.45, 7) is 8.96. The Morgan fingerprint density at radius 1 is 0.500 bits per heavy atom. The third kappa shape index (κ3) is 5.18. The molecule has 0 aliphatic carbocycles. The first-order valence-corrected chi connectivity index (χ1v) is 6.71. The molecule has 0 nitrogen and oxygen atoms in total. The van der Waals surface area contributed by atoms with Gasteiger partial charge in [0, 0.05) is 0 Å². The minimum atomic E-state index is 0.852. The molecule has 2 aromatic carbocycles. The van der Waals surface area contributed by atoms with E-state index in [0.29, 0.717) is 0 Å². The van der Waals surface area contributed by atoms with Gasteiger partial charge in [-0.1, -0.05) is 88.4 Å². The molecular weight excluding hydrogens is 216 g/mol. The fourth-order valence-corrected chi connectivity index (χ4v) is 1.26. The van der Waals surface area contributed by atoms with Gasteiger partial charge in [0.2, 0.25) is 0 Å². The fraction of sp³-hybridized carbons (Fsp3) is 0.333. The Labute approximate surface area is 112 Å². The second-order valence-electron chi connectivity index (χ2n) is 5.22. The summed E-state index contributed by atoms with van der Waals surface area (Å²) in [6, 6.07) is 20.8. The Morgan fingerprint density at radius 2 is 0.778 bits per heavy atom. The van der Waals surface area contributed by atoms with Gasteiger partial charge in [0.05, 0.1) is 0 Å². The second-order valence-corrected chi connectivity index (χ2v) is 5.22. The molecule has 0 amide bonds. The van der Waals surface area contributed by atoms with Crippen LogP contribution in [0.1, 0.15) is 27.7 Å². The third-order valence-corrected chi connectivity index (χ3v) is 3.21. The highest BCUT2D eigenvalue weighted by atomic mass is 14.0. The fourth-order valence-electron chi connectivity index (χ4n) is 1.26. The van der Waals surface area contributed by atoms with Crippen LogP contribution in [0.2, 0.25) is 0 Å². The Morgan fingerprint density at radius 3 is 1.00 bits per heavy atom. The summed E-state index contributed by atoms with van der Waals surface area (Å²) in [5, 5.41) is 0. The highest BCUT2D eigenvalue weighted by molar-refractivity contribution is 5.62. The standard InChI is InChI=1S/C12H10.C6H14/c1-3-7-11(8-4-1)12-9-5-2-6-10-12;1-5(2)6(3)4/h1-10H;5-6H,1-4H3. The van der Waals surface area contributed by atoms with Gasteiger partial charge in [-0.05, 0) is 23.0 Å². The topological polar surface area (TPSA) is 0 Å². The van der Waals surface area contributed by atoms with Gasteiger partial charge in [0.1, 0.15) is 0 Å². The van der Waals surface area contributed by atoms with E-state index in [4.69, 9.17) is 0 Å². The molecule has 2 rings (SSSR count). The Hall–Kier alpha value is -1.56. The molecule has 0 N–H and O–H groups in total. The number of rotatable bonds is 2. The molecule has 0 bridgehead atoms. The average Bonchev–Trinajstić information content (AvgIpc) is 2.41. The lowest BCUT2D eigenvalue weighted by Crippen LogP contribution is -1.95. The monoisotopic (exact) mass is 240 g/mol. The normalized spacial score (nSPS) is 10.1. The first-order valence-electron chi connectivity index (χ1n) is 6.71. The molecule has 0 spiro atoms. The van der Waals surface area contributed by atoms with Gasteiger partial charge in [-0.3, -0.25) is 0 Å².